The van der Waals surface area contributed by atoms with Gasteiger partial charge in [-0.05, 0) is 43.7 Å². The minimum Gasteiger partial charge on any atom is -0.469 e. The summed E-state index contributed by atoms with van der Waals surface area (Å²) in [4.78, 5) is 23.9. The second kappa shape index (κ2) is 6.83. The van der Waals surface area contributed by atoms with Gasteiger partial charge in [-0.1, -0.05) is 30.3 Å². The Kier molecular flexibility index (Phi) is 4.81. The average molecular weight is 315 g/mol. The molecule has 3 rings (SSSR count). The number of hydrogen-bond donors (Lipinski definition) is 1. The number of benzene rings is 1. The Labute approximate surface area is 137 Å². The fraction of sp³-hybridized carbons (Fsp3) is 0.579. The second-order valence-corrected chi connectivity index (χ2v) is 6.96. The molecule has 1 N–H and O–H groups in total. The van der Waals surface area contributed by atoms with Gasteiger partial charge in [0.05, 0.1) is 13.5 Å². The van der Waals surface area contributed by atoms with Crippen LogP contribution in [0.3, 0.4) is 0 Å². The first-order chi connectivity index (χ1) is 11.1. The van der Waals surface area contributed by atoms with E-state index < -0.39 is 0 Å². The van der Waals surface area contributed by atoms with Crippen molar-refractivity contribution >= 4 is 11.8 Å². The molecule has 2 bridgehead atoms. The van der Waals surface area contributed by atoms with Crippen LogP contribution in [0.25, 0.3) is 0 Å². The lowest BCUT2D eigenvalue weighted by molar-refractivity contribution is -0.144. The van der Waals surface area contributed by atoms with Crippen LogP contribution < -0.4 is 5.32 Å². The van der Waals surface area contributed by atoms with Gasteiger partial charge in [0, 0.05) is 17.9 Å². The SMILES string of the molecule is COC(=O)C[C@@H]1CNC2(CCc3ccccc3)CCC(=O)C1C2. The van der Waals surface area contributed by atoms with Gasteiger partial charge in [-0.3, -0.25) is 9.59 Å². The maximum atomic E-state index is 12.3. The number of carbonyl (C=O) groups excluding carboxylic acids is 2. The number of piperidine rings is 1. The highest BCUT2D eigenvalue weighted by Crippen LogP contribution is 2.41. The van der Waals surface area contributed by atoms with E-state index >= 15 is 0 Å². The Bertz CT molecular complexity index is 571. The van der Waals surface area contributed by atoms with Crippen LogP contribution in [-0.2, 0) is 20.7 Å². The van der Waals surface area contributed by atoms with Crippen molar-refractivity contribution in [2.45, 2.75) is 44.1 Å². The van der Waals surface area contributed by atoms with Gasteiger partial charge < -0.3 is 10.1 Å². The van der Waals surface area contributed by atoms with Crippen LogP contribution in [0.2, 0.25) is 0 Å². The third kappa shape index (κ3) is 3.63. The molecule has 1 aliphatic carbocycles. The number of hydrogen-bond acceptors (Lipinski definition) is 4. The molecule has 3 atom stereocenters. The van der Waals surface area contributed by atoms with Gasteiger partial charge in [-0.25, -0.2) is 0 Å². The number of carbonyl (C=O) groups is 2. The van der Waals surface area contributed by atoms with Crippen molar-refractivity contribution in [2.75, 3.05) is 13.7 Å². The van der Waals surface area contributed by atoms with Crippen LogP contribution in [0.15, 0.2) is 30.3 Å². The lowest BCUT2D eigenvalue weighted by Gasteiger charge is -2.49. The summed E-state index contributed by atoms with van der Waals surface area (Å²) in [6.07, 6.45) is 4.82. The maximum Gasteiger partial charge on any atom is 0.305 e. The standard InChI is InChI=1S/C19H25NO3/c1-23-18(22)11-15-13-20-19(10-8-17(21)16(15)12-19)9-7-14-5-3-2-4-6-14/h2-6,15-16,20H,7-13H2,1H3/t15-,16?,19?/m1/s1. The van der Waals surface area contributed by atoms with Gasteiger partial charge >= 0.3 is 5.97 Å². The van der Waals surface area contributed by atoms with Crippen LogP contribution in [0.5, 0.6) is 0 Å². The zero-order chi connectivity index (χ0) is 16.3. The summed E-state index contributed by atoms with van der Waals surface area (Å²) in [5, 5.41) is 3.67. The van der Waals surface area contributed by atoms with Crippen molar-refractivity contribution in [3.05, 3.63) is 35.9 Å². The summed E-state index contributed by atoms with van der Waals surface area (Å²) in [5.41, 5.74) is 1.40. The molecule has 1 saturated carbocycles. The fourth-order valence-corrected chi connectivity index (χ4v) is 4.12. The molecule has 1 aliphatic heterocycles. The average Bonchev–Trinajstić information content (AvgIpc) is 2.60. The van der Waals surface area contributed by atoms with E-state index in [-0.39, 0.29) is 23.3 Å². The Balaban J connectivity index is 1.65. The highest BCUT2D eigenvalue weighted by atomic mass is 16.5. The van der Waals surface area contributed by atoms with E-state index in [0.717, 1.165) is 32.2 Å². The predicted molar refractivity (Wildman–Crippen MR) is 88.0 cm³/mol. The van der Waals surface area contributed by atoms with Crippen LogP contribution in [0, 0.1) is 11.8 Å². The molecule has 1 heterocycles. The van der Waals surface area contributed by atoms with E-state index in [0.29, 0.717) is 18.6 Å². The minimum absolute atomic E-state index is 0.0138. The molecule has 2 unspecified atom stereocenters. The third-order valence-corrected chi connectivity index (χ3v) is 5.57. The van der Waals surface area contributed by atoms with Crippen molar-refractivity contribution in [3.8, 4) is 0 Å². The molecular weight excluding hydrogens is 290 g/mol. The first-order valence-electron chi connectivity index (χ1n) is 8.50. The van der Waals surface area contributed by atoms with Gasteiger partial charge in [-0.2, -0.15) is 0 Å². The molecule has 0 aromatic heterocycles. The molecule has 0 radical (unpaired) electrons. The molecule has 0 amide bonds. The van der Waals surface area contributed by atoms with Gasteiger partial charge in [0.15, 0.2) is 0 Å². The van der Waals surface area contributed by atoms with E-state index in [2.05, 4.69) is 29.6 Å². The monoisotopic (exact) mass is 315 g/mol. The Morgan fingerprint density at radius 3 is 2.87 bits per heavy atom. The zero-order valence-electron chi connectivity index (χ0n) is 13.7. The van der Waals surface area contributed by atoms with Gasteiger partial charge in [0.2, 0.25) is 0 Å². The highest BCUT2D eigenvalue weighted by Gasteiger charge is 2.47. The molecule has 1 aromatic carbocycles. The zero-order valence-corrected chi connectivity index (χ0v) is 13.7. The van der Waals surface area contributed by atoms with Crippen LogP contribution in [0.1, 0.15) is 37.7 Å². The number of rotatable bonds is 5. The molecule has 2 aliphatic rings. The molecule has 2 fully saturated rings. The lowest BCUT2D eigenvalue weighted by Crippen LogP contribution is -2.59. The summed E-state index contributed by atoms with van der Waals surface area (Å²) in [7, 11) is 1.41. The number of Topliss-reactive ketones (excluding diaryl/α,β-unsaturated/α-hetero) is 1. The van der Waals surface area contributed by atoms with Gasteiger partial charge in [0.1, 0.15) is 5.78 Å². The summed E-state index contributed by atoms with van der Waals surface area (Å²) in [6, 6.07) is 10.5. The summed E-state index contributed by atoms with van der Waals surface area (Å²) < 4.78 is 4.78. The molecule has 0 spiro atoms. The van der Waals surface area contributed by atoms with Crippen molar-refractivity contribution in [1.82, 2.24) is 5.32 Å². The Hall–Kier alpha value is -1.68. The van der Waals surface area contributed by atoms with E-state index in [9.17, 15) is 9.59 Å². The Morgan fingerprint density at radius 1 is 1.35 bits per heavy atom. The molecule has 4 nitrogen and oxygen atoms in total. The molecule has 23 heavy (non-hydrogen) atoms. The summed E-state index contributed by atoms with van der Waals surface area (Å²) >= 11 is 0. The normalized spacial score (nSPS) is 30.0. The maximum absolute atomic E-state index is 12.3. The predicted octanol–water partition coefficient (Wildman–Crippen LogP) is 2.51. The van der Waals surface area contributed by atoms with Gasteiger partial charge in [-0.15, -0.1) is 0 Å². The smallest absolute Gasteiger partial charge is 0.305 e. The number of aryl methyl sites for hydroxylation is 1. The van der Waals surface area contributed by atoms with E-state index in [1.807, 2.05) is 6.07 Å². The number of ether oxygens (including phenoxy) is 1. The molecular formula is C19H25NO3. The molecule has 124 valence electrons. The van der Waals surface area contributed by atoms with Crippen LogP contribution in [-0.4, -0.2) is 30.9 Å². The molecule has 4 heteroatoms. The van der Waals surface area contributed by atoms with Gasteiger partial charge in [0.25, 0.3) is 0 Å². The molecule has 1 aromatic rings. The van der Waals surface area contributed by atoms with Crippen LogP contribution >= 0.6 is 0 Å². The number of methoxy groups -OCH3 is 1. The summed E-state index contributed by atoms with van der Waals surface area (Å²) in [5.74, 6) is 0.211. The van der Waals surface area contributed by atoms with Crippen molar-refractivity contribution < 1.29 is 14.3 Å². The second-order valence-electron chi connectivity index (χ2n) is 6.96. The van der Waals surface area contributed by atoms with E-state index in [1.54, 1.807) is 0 Å². The first kappa shape index (κ1) is 16.2. The first-order valence-corrected chi connectivity index (χ1v) is 8.50. The number of ketones is 1. The van der Waals surface area contributed by atoms with E-state index in [1.165, 1.54) is 12.7 Å². The summed E-state index contributed by atoms with van der Waals surface area (Å²) in [6.45, 7) is 0.736. The largest absolute Gasteiger partial charge is 0.469 e. The fourth-order valence-electron chi connectivity index (χ4n) is 4.12. The quantitative estimate of drug-likeness (QED) is 0.848. The minimum atomic E-state index is -0.216. The third-order valence-electron chi connectivity index (χ3n) is 5.57. The lowest BCUT2D eigenvalue weighted by atomic mass is 9.64. The van der Waals surface area contributed by atoms with E-state index in [4.69, 9.17) is 4.74 Å². The number of fused-ring (bicyclic) bond motifs is 2. The van der Waals surface area contributed by atoms with Crippen LogP contribution in [0.4, 0.5) is 0 Å². The highest BCUT2D eigenvalue weighted by molar-refractivity contribution is 5.83. The number of nitrogens with one attached hydrogen (secondary N) is 1. The molecule has 1 saturated heterocycles. The van der Waals surface area contributed by atoms with Crippen molar-refractivity contribution in [3.63, 3.8) is 0 Å². The van der Waals surface area contributed by atoms with Crippen molar-refractivity contribution in [2.24, 2.45) is 11.8 Å². The Morgan fingerprint density at radius 2 is 2.13 bits per heavy atom. The topological polar surface area (TPSA) is 55.4 Å². The van der Waals surface area contributed by atoms with Crippen molar-refractivity contribution in [1.29, 1.82) is 0 Å². The number of esters is 1.